The van der Waals surface area contributed by atoms with Gasteiger partial charge in [0, 0.05) is 7.05 Å². The summed E-state index contributed by atoms with van der Waals surface area (Å²) in [5.41, 5.74) is 5.23. The Kier molecular flexibility index (Phi) is 3.32. The maximum Gasteiger partial charge on any atom is 0.343 e. The van der Waals surface area contributed by atoms with E-state index in [4.69, 9.17) is 10.9 Å². The third kappa shape index (κ3) is 2.20. The summed E-state index contributed by atoms with van der Waals surface area (Å²) in [5, 5.41) is 25.0. The fraction of sp³-hybridized carbons (Fsp3) is 0.286. The van der Waals surface area contributed by atoms with Gasteiger partial charge in [0.1, 0.15) is 5.82 Å². The number of thioether (sulfide) groups is 1. The van der Waals surface area contributed by atoms with Crippen LogP contribution in [-0.2, 0) is 12.8 Å². The molecule has 0 aliphatic carbocycles. The van der Waals surface area contributed by atoms with Crippen molar-refractivity contribution < 1.29 is 9.84 Å². The molecule has 0 saturated heterocycles. The summed E-state index contributed by atoms with van der Waals surface area (Å²) in [7, 11) is 1.59. The summed E-state index contributed by atoms with van der Waals surface area (Å²) >= 11 is 1.20. The minimum Gasteiger partial charge on any atom is -0.409 e. The lowest BCUT2D eigenvalue weighted by molar-refractivity contribution is 0.296. The van der Waals surface area contributed by atoms with E-state index in [1.165, 1.54) is 16.3 Å². The van der Waals surface area contributed by atoms with Crippen LogP contribution in [0.3, 0.4) is 0 Å². The lowest BCUT2D eigenvalue weighted by Crippen LogP contribution is -2.15. The molecule has 0 aromatic carbocycles. The second-order valence-electron chi connectivity index (χ2n) is 3.20. The predicted octanol–water partition coefficient (Wildman–Crippen LogP) is -1.12. The number of aromatic nitrogens is 5. The van der Waals surface area contributed by atoms with Gasteiger partial charge in [-0.15, -0.1) is 0 Å². The average molecular weight is 271 g/mol. The van der Waals surface area contributed by atoms with Crippen LogP contribution in [0.2, 0.25) is 0 Å². The first-order valence-electron chi connectivity index (χ1n) is 4.67. The van der Waals surface area contributed by atoms with Gasteiger partial charge < -0.3 is 10.9 Å². The summed E-state index contributed by atoms with van der Waals surface area (Å²) in [6.45, 7) is 0. The Balaban J connectivity index is 2.14. The van der Waals surface area contributed by atoms with Crippen LogP contribution in [0.1, 0.15) is 11.5 Å². The molecule has 10 nitrogen and oxygen atoms in total. The van der Waals surface area contributed by atoms with Crippen molar-refractivity contribution >= 4 is 17.6 Å². The van der Waals surface area contributed by atoms with E-state index >= 15 is 0 Å². The van der Waals surface area contributed by atoms with E-state index in [2.05, 4.69) is 30.3 Å². The SMILES string of the molecule is Cn1c(CSc2nonc2/C(N)=N/O)n[nH]c1=O. The maximum atomic E-state index is 11.1. The fourth-order valence-electron chi connectivity index (χ4n) is 1.12. The van der Waals surface area contributed by atoms with Crippen LogP contribution in [0.4, 0.5) is 0 Å². The van der Waals surface area contributed by atoms with Crippen molar-refractivity contribution in [2.24, 2.45) is 17.9 Å². The Morgan fingerprint density at radius 3 is 3.06 bits per heavy atom. The molecule has 2 aromatic rings. The predicted molar refractivity (Wildman–Crippen MR) is 60.2 cm³/mol. The number of hydrogen-bond donors (Lipinski definition) is 3. The molecule has 0 aliphatic heterocycles. The van der Waals surface area contributed by atoms with E-state index in [1.807, 2.05) is 0 Å². The smallest absolute Gasteiger partial charge is 0.343 e. The van der Waals surface area contributed by atoms with Crippen LogP contribution in [0.5, 0.6) is 0 Å². The van der Waals surface area contributed by atoms with Crippen molar-refractivity contribution in [3.05, 3.63) is 22.0 Å². The van der Waals surface area contributed by atoms with Crippen molar-refractivity contribution in [2.75, 3.05) is 0 Å². The molecular formula is C7H9N7O3S. The number of nitrogens with two attached hydrogens (primary N) is 1. The molecule has 0 spiro atoms. The van der Waals surface area contributed by atoms with Crippen LogP contribution < -0.4 is 11.4 Å². The molecule has 4 N–H and O–H groups in total. The number of aromatic amines is 1. The van der Waals surface area contributed by atoms with Gasteiger partial charge in [0.05, 0.1) is 5.75 Å². The maximum absolute atomic E-state index is 11.1. The lowest BCUT2D eigenvalue weighted by atomic mass is 10.4. The van der Waals surface area contributed by atoms with Crippen molar-refractivity contribution in [1.29, 1.82) is 0 Å². The van der Waals surface area contributed by atoms with Crippen LogP contribution in [0.25, 0.3) is 0 Å². The molecule has 0 unspecified atom stereocenters. The van der Waals surface area contributed by atoms with Gasteiger partial charge in [-0.05, 0) is 10.3 Å². The topological polar surface area (TPSA) is 148 Å². The summed E-state index contributed by atoms with van der Waals surface area (Å²) in [6, 6.07) is 0. The molecule has 96 valence electrons. The number of H-pyrrole nitrogens is 1. The Morgan fingerprint density at radius 1 is 1.67 bits per heavy atom. The van der Waals surface area contributed by atoms with Gasteiger partial charge in [-0.3, -0.25) is 4.57 Å². The second-order valence-corrected chi connectivity index (χ2v) is 4.16. The highest BCUT2D eigenvalue weighted by Gasteiger charge is 2.16. The largest absolute Gasteiger partial charge is 0.409 e. The zero-order valence-electron chi connectivity index (χ0n) is 9.19. The lowest BCUT2D eigenvalue weighted by Gasteiger charge is -1.98. The van der Waals surface area contributed by atoms with E-state index < -0.39 is 0 Å². The van der Waals surface area contributed by atoms with Crippen molar-refractivity contribution in [1.82, 2.24) is 25.1 Å². The number of rotatable bonds is 4. The molecule has 0 bridgehead atoms. The number of nitrogens with one attached hydrogen (secondary N) is 1. The Morgan fingerprint density at radius 2 is 2.44 bits per heavy atom. The summed E-state index contributed by atoms with van der Waals surface area (Å²) in [6.07, 6.45) is 0. The van der Waals surface area contributed by atoms with E-state index in [1.54, 1.807) is 7.05 Å². The second kappa shape index (κ2) is 4.91. The zero-order chi connectivity index (χ0) is 13.1. The first-order valence-corrected chi connectivity index (χ1v) is 5.65. The van der Waals surface area contributed by atoms with Gasteiger partial charge >= 0.3 is 5.69 Å². The van der Waals surface area contributed by atoms with Gasteiger partial charge in [-0.1, -0.05) is 16.9 Å². The number of hydrogen-bond acceptors (Lipinski definition) is 8. The normalized spacial score (nSPS) is 11.9. The summed E-state index contributed by atoms with van der Waals surface area (Å²) < 4.78 is 5.87. The fourth-order valence-corrected chi connectivity index (χ4v) is 2.01. The Labute approximate surface area is 104 Å². The van der Waals surface area contributed by atoms with Crippen molar-refractivity contribution in [3.8, 4) is 0 Å². The molecular weight excluding hydrogens is 262 g/mol. The van der Waals surface area contributed by atoms with E-state index in [0.717, 1.165) is 0 Å². The van der Waals surface area contributed by atoms with Gasteiger partial charge in [-0.25, -0.2) is 14.5 Å². The number of amidine groups is 1. The molecule has 0 saturated carbocycles. The van der Waals surface area contributed by atoms with Crippen LogP contribution in [-0.4, -0.2) is 36.1 Å². The molecule has 0 fully saturated rings. The molecule has 2 aromatic heterocycles. The highest BCUT2D eigenvalue weighted by atomic mass is 32.2. The van der Waals surface area contributed by atoms with Crippen LogP contribution in [0, 0.1) is 0 Å². The Hall–Kier alpha value is -2.30. The van der Waals surface area contributed by atoms with Gasteiger partial charge in [0.2, 0.25) is 0 Å². The minimum atomic E-state index is -0.305. The van der Waals surface area contributed by atoms with Crippen LogP contribution >= 0.6 is 11.8 Å². The van der Waals surface area contributed by atoms with Crippen molar-refractivity contribution in [2.45, 2.75) is 10.8 Å². The number of oxime groups is 1. The van der Waals surface area contributed by atoms with E-state index in [0.29, 0.717) is 16.6 Å². The molecule has 0 radical (unpaired) electrons. The van der Waals surface area contributed by atoms with Gasteiger partial charge in [0.25, 0.3) is 0 Å². The third-order valence-corrected chi connectivity index (χ3v) is 3.06. The monoisotopic (exact) mass is 271 g/mol. The van der Waals surface area contributed by atoms with Crippen molar-refractivity contribution in [3.63, 3.8) is 0 Å². The van der Waals surface area contributed by atoms with Crippen LogP contribution in [0.15, 0.2) is 19.6 Å². The zero-order valence-corrected chi connectivity index (χ0v) is 10.0. The first-order chi connectivity index (χ1) is 8.63. The van der Waals surface area contributed by atoms with Gasteiger partial charge in [-0.2, -0.15) is 5.10 Å². The summed E-state index contributed by atoms with van der Waals surface area (Å²) in [5.74, 6) is 0.683. The standard InChI is InChI=1S/C7H9N7O3S/c1-14-3(9-10-7(14)15)2-18-6-4(5(8)11-16)12-17-13-6/h16H,2H2,1H3,(H2,8,11)(H,10,15). The summed E-state index contributed by atoms with van der Waals surface area (Å²) in [4.78, 5) is 11.1. The first kappa shape index (κ1) is 12.2. The highest BCUT2D eigenvalue weighted by molar-refractivity contribution is 7.98. The molecule has 0 amide bonds. The Bertz CT molecular complexity index is 627. The molecule has 2 rings (SSSR count). The molecule has 0 aliphatic rings. The quantitative estimate of drug-likeness (QED) is 0.208. The average Bonchev–Trinajstić information content (AvgIpc) is 2.95. The highest BCUT2D eigenvalue weighted by Crippen LogP contribution is 2.21. The molecule has 11 heteroatoms. The van der Waals surface area contributed by atoms with Gasteiger partial charge in [0.15, 0.2) is 16.6 Å². The van der Waals surface area contributed by atoms with E-state index in [-0.39, 0.29) is 17.2 Å². The molecule has 18 heavy (non-hydrogen) atoms. The van der Waals surface area contributed by atoms with E-state index in [9.17, 15) is 4.79 Å². The molecule has 2 heterocycles. The molecule has 0 atom stereocenters. The third-order valence-electron chi connectivity index (χ3n) is 2.12. The minimum absolute atomic E-state index is 0.142. The number of nitrogens with zero attached hydrogens (tertiary/aromatic N) is 5.